The summed E-state index contributed by atoms with van der Waals surface area (Å²) in [5.41, 5.74) is 1.59. The predicted octanol–water partition coefficient (Wildman–Crippen LogP) is 4.24. The molecule has 172 valence electrons. The molecule has 0 aliphatic carbocycles. The average Bonchev–Trinajstić information content (AvgIpc) is 2.73. The smallest absolute Gasteiger partial charge is 0.422 e. The van der Waals surface area contributed by atoms with Gasteiger partial charge in [-0.25, -0.2) is 0 Å². The number of nitrogens with zero attached hydrogens (tertiary/aromatic N) is 2. The number of carbonyl (C=O) groups excluding carboxylic acids is 1. The summed E-state index contributed by atoms with van der Waals surface area (Å²) in [6.45, 7) is 2.77. The predicted molar refractivity (Wildman–Crippen MR) is 112 cm³/mol. The van der Waals surface area contributed by atoms with Crippen LogP contribution in [0.4, 0.5) is 18.9 Å². The lowest BCUT2D eigenvalue weighted by atomic mass is 10.0. The minimum absolute atomic E-state index is 0.185. The van der Waals surface area contributed by atoms with Gasteiger partial charge in [0, 0.05) is 31.7 Å². The number of likely N-dealkylation sites (tertiary alicyclic amines) is 1. The molecule has 1 amide bonds. The van der Waals surface area contributed by atoms with Gasteiger partial charge < -0.3 is 10.1 Å². The summed E-state index contributed by atoms with van der Waals surface area (Å²) in [7, 11) is 0. The quantitative estimate of drug-likeness (QED) is 0.503. The van der Waals surface area contributed by atoms with Crippen molar-refractivity contribution in [1.29, 1.82) is 0 Å². The van der Waals surface area contributed by atoms with Crippen molar-refractivity contribution in [1.82, 2.24) is 10.2 Å². The van der Waals surface area contributed by atoms with Crippen LogP contribution in [0.1, 0.15) is 34.3 Å². The summed E-state index contributed by atoms with van der Waals surface area (Å²) in [6, 6.07) is 11.1. The summed E-state index contributed by atoms with van der Waals surface area (Å²) in [5.74, 6) is -0.961. The third-order valence-electron chi connectivity index (χ3n) is 5.22. The number of nitrogens with one attached hydrogen (secondary N) is 1. The Kier molecular flexibility index (Phi) is 7.34. The van der Waals surface area contributed by atoms with Crippen molar-refractivity contribution in [2.45, 2.75) is 38.5 Å². The third-order valence-corrected chi connectivity index (χ3v) is 5.22. The first-order valence-electron chi connectivity index (χ1n) is 10.2. The van der Waals surface area contributed by atoms with E-state index in [9.17, 15) is 28.1 Å². The van der Waals surface area contributed by atoms with Gasteiger partial charge in [-0.15, -0.1) is 0 Å². The van der Waals surface area contributed by atoms with Crippen LogP contribution in [-0.2, 0) is 6.54 Å². The topological polar surface area (TPSA) is 84.7 Å². The number of aryl methyl sites for hydroxylation is 1. The first kappa shape index (κ1) is 23.5. The molecule has 0 radical (unpaired) electrons. The minimum Gasteiger partial charge on any atom is -0.484 e. The molecule has 1 saturated heterocycles. The Morgan fingerprint density at radius 2 is 1.94 bits per heavy atom. The highest BCUT2D eigenvalue weighted by molar-refractivity contribution is 5.98. The number of piperidine rings is 1. The van der Waals surface area contributed by atoms with E-state index in [-0.39, 0.29) is 17.4 Å². The molecule has 10 heteroatoms. The number of carbonyl (C=O) groups is 1. The molecule has 1 N–H and O–H groups in total. The molecule has 7 nitrogen and oxygen atoms in total. The average molecular weight is 451 g/mol. The molecule has 1 aliphatic rings. The van der Waals surface area contributed by atoms with Crippen molar-refractivity contribution in [3.05, 3.63) is 69.3 Å². The number of hydrogen-bond donors (Lipinski definition) is 1. The van der Waals surface area contributed by atoms with E-state index in [0.717, 1.165) is 37.8 Å². The molecular weight excluding hydrogens is 427 g/mol. The molecular formula is C22H24F3N3O4. The van der Waals surface area contributed by atoms with Crippen LogP contribution in [0.5, 0.6) is 5.75 Å². The van der Waals surface area contributed by atoms with E-state index in [4.69, 9.17) is 0 Å². The second kappa shape index (κ2) is 9.99. The number of amides is 1. The van der Waals surface area contributed by atoms with Crippen LogP contribution >= 0.6 is 0 Å². The van der Waals surface area contributed by atoms with Crippen molar-refractivity contribution >= 4 is 11.6 Å². The molecule has 0 atom stereocenters. The number of rotatable bonds is 7. The van der Waals surface area contributed by atoms with Crippen molar-refractivity contribution in [2.24, 2.45) is 0 Å². The van der Waals surface area contributed by atoms with E-state index in [1.165, 1.54) is 11.1 Å². The van der Waals surface area contributed by atoms with E-state index < -0.39 is 29.3 Å². The zero-order valence-electron chi connectivity index (χ0n) is 17.5. The van der Waals surface area contributed by atoms with Gasteiger partial charge in [-0.2, -0.15) is 13.2 Å². The van der Waals surface area contributed by atoms with E-state index in [2.05, 4.69) is 27.1 Å². The van der Waals surface area contributed by atoms with Crippen LogP contribution in [0.25, 0.3) is 0 Å². The zero-order chi connectivity index (χ0) is 23.3. The Labute approximate surface area is 183 Å². The van der Waals surface area contributed by atoms with Crippen molar-refractivity contribution in [2.75, 3.05) is 19.7 Å². The Morgan fingerprint density at radius 3 is 2.56 bits per heavy atom. The maximum absolute atomic E-state index is 12.7. The Balaban J connectivity index is 1.60. The summed E-state index contributed by atoms with van der Waals surface area (Å²) in [4.78, 5) is 25.5. The van der Waals surface area contributed by atoms with E-state index in [0.29, 0.717) is 12.8 Å². The first-order valence-corrected chi connectivity index (χ1v) is 10.2. The van der Waals surface area contributed by atoms with Gasteiger partial charge in [0.2, 0.25) is 0 Å². The van der Waals surface area contributed by atoms with Crippen LogP contribution in [0, 0.1) is 17.0 Å². The van der Waals surface area contributed by atoms with Crippen molar-refractivity contribution < 1.29 is 27.6 Å². The minimum atomic E-state index is -4.56. The molecule has 3 rings (SSSR count). The highest BCUT2D eigenvalue weighted by Gasteiger charge is 2.30. The lowest BCUT2D eigenvalue weighted by Gasteiger charge is -2.32. The second-order valence-corrected chi connectivity index (χ2v) is 7.85. The molecule has 0 spiro atoms. The summed E-state index contributed by atoms with van der Waals surface area (Å²) in [5, 5.41) is 14.1. The largest absolute Gasteiger partial charge is 0.484 e. The van der Waals surface area contributed by atoms with E-state index in [1.807, 2.05) is 19.1 Å². The normalized spacial score (nSPS) is 15.4. The fourth-order valence-corrected chi connectivity index (χ4v) is 3.68. The molecule has 0 unspecified atom stereocenters. The second-order valence-electron chi connectivity index (χ2n) is 7.85. The molecule has 0 saturated carbocycles. The van der Waals surface area contributed by atoms with Gasteiger partial charge in [0.05, 0.1) is 4.92 Å². The zero-order valence-corrected chi connectivity index (χ0v) is 17.5. The molecule has 1 heterocycles. The van der Waals surface area contributed by atoms with Crippen LogP contribution in [0.15, 0.2) is 42.5 Å². The molecule has 2 aromatic rings. The number of benzene rings is 2. The standard InChI is InChI=1S/C22H24F3N3O4/c1-15-3-2-4-16(11-15)13-27-9-7-17(8-10-27)26-21(29)19-12-18(32-14-22(23,24)25)5-6-20(19)28(30)31/h2-6,11-12,17H,7-10,13-14H2,1H3,(H,26,29). The van der Waals surface area contributed by atoms with Crippen LogP contribution in [-0.4, -0.2) is 47.6 Å². The third kappa shape index (κ3) is 6.68. The number of nitro groups is 1. The van der Waals surface area contributed by atoms with Crippen molar-refractivity contribution in [3.63, 3.8) is 0 Å². The SMILES string of the molecule is Cc1cccc(CN2CCC(NC(=O)c3cc(OCC(F)(F)F)ccc3[N+](=O)[O-])CC2)c1. The number of halogens is 3. The molecule has 0 bridgehead atoms. The van der Waals surface area contributed by atoms with Gasteiger partial charge in [-0.05, 0) is 37.5 Å². The number of ether oxygens (including phenoxy) is 1. The maximum atomic E-state index is 12.7. The highest BCUT2D eigenvalue weighted by atomic mass is 19.4. The fraction of sp³-hybridized carbons (Fsp3) is 0.409. The Hall–Kier alpha value is -3.14. The van der Waals surface area contributed by atoms with E-state index >= 15 is 0 Å². The maximum Gasteiger partial charge on any atom is 0.422 e. The van der Waals surface area contributed by atoms with Gasteiger partial charge in [0.25, 0.3) is 11.6 Å². The first-order chi connectivity index (χ1) is 15.1. The lowest BCUT2D eigenvalue weighted by molar-refractivity contribution is -0.385. The van der Waals surface area contributed by atoms with Gasteiger partial charge in [0.15, 0.2) is 6.61 Å². The highest BCUT2D eigenvalue weighted by Crippen LogP contribution is 2.26. The van der Waals surface area contributed by atoms with Gasteiger partial charge >= 0.3 is 6.18 Å². The number of alkyl halides is 3. The molecule has 32 heavy (non-hydrogen) atoms. The summed E-state index contributed by atoms with van der Waals surface area (Å²) in [6.07, 6.45) is -3.23. The van der Waals surface area contributed by atoms with Gasteiger partial charge in [-0.3, -0.25) is 19.8 Å². The summed E-state index contributed by atoms with van der Waals surface area (Å²) >= 11 is 0. The molecule has 1 fully saturated rings. The summed E-state index contributed by atoms with van der Waals surface area (Å²) < 4.78 is 41.8. The van der Waals surface area contributed by atoms with Crippen LogP contribution in [0.2, 0.25) is 0 Å². The van der Waals surface area contributed by atoms with Crippen LogP contribution < -0.4 is 10.1 Å². The fourth-order valence-electron chi connectivity index (χ4n) is 3.68. The van der Waals surface area contributed by atoms with Gasteiger partial charge in [-0.1, -0.05) is 29.8 Å². The lowest BCUT2D eigenvalue weighted by Crippen LogP contribution is -2.44. The number of nitro benzene ring substituents is 1. The van der Waals surface area contributed by atoms with E-state index in [1.54, 1.807) is 0 Å². The molecule has 2 aromatic carbocycles. The van der Waals surface area contributed by atoms with Crippen LogP contribution in [0.3, 0.4) is 0 Å². The monoisotopic (exact) mass is 451 g/mol. The van der Waals surface area contributed by atoms with Gasteiger partial charge in [0.1, 0.15) is 11.3 Å². The Bertz CT molecular complexity index is 973. The molecule has 1 aliphatic heterocycles. The molecule has 0 aromatic heterocycles. The number of hydrogen-bond acceptors (Lipinski definition) is 5. The Morgan fingerprint density at radius 1 is 1.22 bits per heavy atom. The van der Waals surface area contributed by atoms with Crippen molar-refractivity contribution in [3.8, 4) is 5.75 Å².